The number of aliphatic hydroxyl groups is 4. The average Bonchev–Trinajstić information content (AvgIpc) is 3.22. The number of carbonyl (C=O) groups is 1. The van der Waals surface area contributed by atoms with E-state index in [1.807, 2.05) is 53.6 Å². The quantitative estimate of drug-likeness (QED) is 0.124. The third-order valence-electron chi connectivity index (χ3n) is 14.3. The van der Waals surface area contributed by atoms with Crippen molar-refractivity contribution in [3.05, 3.63) is 28.7 Å². The Kier molecular flexibility index (Phi) is 18.9. The maximum atomic E-state index is 14.6. The maximum Gasteiger partial charge on any atom is 0.311 e. The number of rotatable bonds is 13. The molecule has 3 aliphatic rings. The van der Waals surface area contributed by atoms with Crippen molar-refractivity contribution in [1.29, 1.82) is 0 Å². The van der Waals surface area contributed by atoms with E-state index in [0.29, 0.717) is 25.3 Å². The minimum Gasteiger partial charge on any atom is -0.483 e. The largest absolute Gasteiger partial charge is 0.483 e. The van der Waals surface area contributed by atoms with Crippen LogP contribution in [0.25, 0.3) is 0 Å². The highest BCUT2D eigenvalue weighted by Gasteiger charge is 2.58. The Morgan fingerprint density at radius 2 is 1.66 bits per heavy atom. The number of ether oxygens (including phenoxy) is 7. The van der Waals surface area contributed by atoms with E-state index >= 15 is 0 Å². The Balaban J connectivity index is 1.87. The molecule has 1 aromatic rings. The summed E-state index contributed by atoms with van der Waals surface area (Å²) < 4.78 is 47.4. The van der Waals surface area contributed by atoms with E-state index in [0.717, 1.165) is 6.42 Å². The van der Waals surface area contributed by atoms with Gasteiger partial charge in [-0.2, -0.15) is 0 Å². The van der Waals surface area contributed by atoms with Gasteiger partial charge in [0, 0.05) is 51.3 Å². The van der Waals surface area contributed by atoms with Crippen LogP contribution in [0.4, 0.5) is 0 Å². The molecule has 1 aromatic heterocycles. The number of likely N-dealkylation sites (N-methyl/N-ethyl adjacent to an activating group) is 1. The summed E-state index contributed by atoms with van der Waals surface area (Å²) >= 11 is 0. The smallest absolute Gasteiger partial charge is 0.311 e. The number of nitrogens with zero attached hydrogens (tertiary/aromatic N) is 2. The first-order valence-electron chi connectivity index (χ1n) is 23.4. The van der Waals surface area contributed by atoms with Gasteiger partial charge in [-0.15, -0.1) is 0 Å². The molecule has 4 heterocycles. The molecule has 0 aromatic carbocycles. The Labute approximate surface area is 381 Å². The lowest BCUT2D eigenvalue weighted by molar-refractivity contribution is -0.335. The Bertz CT molecular complexity index is 1700. The van der Waals surface area contributed by atoms with E-state index < -0.39 is 95.5 Å². The second-order valence-corrected chi connectivity index (χ2v) is 20.1. The van der Waals surface area contributed by atoms with E-state index in [1.165, 1.54) is 24.7 Å². The predicted octanol–water partition coefficient (Wildman–Crippen LogP) is 2.71. The van der Waals surface area contributed by atoms with Crippen LogP contribution in [0.2, 0.25) is 0 Å². The molecule has 18 atom stereocenters. The molecule has 0 radical (unpaired) electrons. The summed E-state index contributed by atoms with van der Waals surface area (Å²) in [5.74, 6) is -2.45. The van der Waals surface area contributed by atoms with Crippen molar-refractivity contribution < 1.29 is 58.4 Å². The summed E-state index contributed by atoms with van der Waals surface area (Å²) in [5, 5.41) is 55.0. The number of cyclic esters (lactones) is 1. The number of carbonyl (C=O) groups excluding carboxylic acids is 1. The van der Waals surface area contributed by atoms with E-state index in [9.17, 15) is 30.0 Å². The van der Waals surface area contributed by atoms with Gasteiger partial charge >= 0.3 is 5.97 Å². The van der Waals surface area contributed by atoms with Crippen LogP contribution in [0.15, 0.2) is 23.1 Å². The van der Waals surface area contributed by atoms with E-state index in [2.05, 4.69) is 10.6 Å². The van der Waals surface area contributed by atoms with Gasteiger partial charge in [-0.3, -0.25) is 9.59 Å². The predicted molar refractivity (Wildman–Crippen MR) is 242 cm³/mol. The lowest BCUT2D eigenvalue weighted by Gasteiger charge is -2.53. The van der Waals surface area contributed by atoms with E-state index in [4.69, 9.17) is 33.2 Å². The average molecular weight is 913 g/mol. The molecule has 370 valence electrons. The molecule has 0 aliphatic carbocycles. The molecule has 4 rings (SSSR count). The molecule has 6 N–H and O–H groups in total. The molecule has 3 saturated heterocycles. The summed E-state index contributed by atoms with van der Waals surface area (Å²) in [4.78, 5) is 29.4. The van der Waals surface area contributed by atoms with E-state index in [1.54, 1.807) is 53.9 Å². The fourth-order valence-corrected chi connectivity index (χ4v) is 10.1. The van der Waals surface area contributed by atoms with Crippen molar-refractivity contribution in [2.24, 2.45) is 24.8 Å². The van der Waals surface area contributed by atoms with Gasteiger partial charge in [0.1, 0.15) is 34.8 Å². The minimum atomic E-state index is -1.84. The molecule has 0 amide bonds. The van der Waals surface area contributed by atoms with Crippen LogP contribution in [0.5, 0.6) is 5.75 Å². The molecular weight excluding hydrogens is 829 g/mol. The van der Waals surface area contributed by atoms with Crippen LogP contribution in [0.3, 0.4) is 0 Å². The normalized spacial score (nSPS) is 43.3. The third kappa shape index (κ3) is 12.2. The van der Waals surface area contributed by atoms with Gasteiger partial charge < -0.3 is 73.7 Å². The molecule has 0 spiro atoms. The molecule has 3 aliphatic heterocycles. The Hall–Kier alpha value is -2.26. The van der Waals surface area contributed by atoms with Gasteiger partial charge in [0.25, 0.3) is 5.56 Å². The first kappa shape index (κ1) is 54.3. The van der Waals surface area contributed by atoms with Gasteiger partial charge in [-0.05, 0) is 113 Å². The minimum absolute atomic E-state index is 0.0738. The molecule has 64 heavy (non-hydrogen) atoms. The van der Waals surface area contributed by atoms with Crippen molar-refractivity contribution in [2.75, 3.05) is 40.8 Å². The highest BCUT2D eigenvalue weighted by Crippen LogP contribution is 2.43. The lowest BCUT2D eigenvalue weighted by Crippen LogP contribution is -2.70. The van der Waals surface area contributed by atoms with Crippen molar-refractivity contribution in [2.45, 2.75) is 198 Å². The number of methoxy groups -OCH3 is 1. The second-order valence-electron chi connectivity index (χ2n) is 20.1. The first-order valence-corrected chi connectivity index (χ1v) is 23.4. The van der Waals surface area contributed by atoms with E-state index in [-0.39, 0.29) is 49.4 Å². The first-order chi connectivity index (χ1) is 29.8. The molecule has 10 unspecified atom stereocenters. The monoisotopic (exact) mass is 913 g/mol. The van der Waals surface area contributed by atoms with Crippen molar-refractivity contribution in [3.8, 4) is 5.75 Å². The summed E-state index contributed by atoms with van der Waals surface area (Å²) in [6, 6.07) is 2.25. The number of nitrogens with one attached hydrogen (secondary N) is 2. The van der Waals surface area contributed by atoms with Crippen LogP contribution in [-0.2, 0) is 40.3 Å². The number of aliphatic hydroxyl groups excluding tert-OH is 1. The Morgan fingerprint density at radius 1 is 0.984 bits per heavy atom. The van der Waals surface area contributed by atoms with Crippen molar-refractivity contribution in [1.82, 2.24) is 20.1 Å². The molecule has 0 bridgehead atoms. The third-order valence-corrected chi connectivity index (χ3v) is 14.3. The van der Waals surface area contributed by atoms with Gasteiger partial charge in [-0.1, -0.05) is 27.7 Å². The van der Waals surface area contributed by atoms with Crippen molar-refractivity contribution >= 4 is 5.97 Å². The fourth-order valence-electron chi connectivity index (χ4n) is 10.1. The molecule has 17 heteroatoms. The van der Waals surface area contributed by atoms with Crippen LogP contribution in [-0.4, -0.2) is 166 Å². The highest BCUT2D eigenvalue weighted by molar-refractivity contribution is 5.73. The van der Waals surface area contributed by atoms with Crippen LogP contribution < -0.4 is 20.9 Å². The SMILES string of the molecule is CCCNC[C@]1(O)[C@H](C)O[C@@H](OC2C(C)C(=O)OC(CC)C(C)(O)C(O)C(C)NCC(C)CC(C)(O)C(O[C@@H]3O[C@H](C)C[C@H](N(C)C)[C@H]3Oc3ccn(C)c(=O)c3)C2C)C[C@@]1(C)OC. The van der Waals surface area contributed by atoms with Crippen LogP contribution in [0.1, 0.15) is 108 Å². The highest BCUT2D eigenvalue weighted by atomic mass is 16.7. The number of aryl methyl sites for hydroxylation is 1. The molecule has 0 saturated carbocycles. The zero-order valence-corrected chi connectivity index (χ0v) is 41.3. The van der Waals surface area contributed by atoms with Gasteiger partial charge in [0.2, 0.25) is 0 Å². The lowest BCUT2D eigenvalue weighted by atomic mass is 9.75. The molecular formula is C47H84N4O13. The second kappa shape index (κ2) is 22.2. The van der Waals surface area contributed by atoms with Gasteiger partial charge in [0.05, 0.1) is 42.0 Å². The van der Waals surface area contributed by atoms with Crippen LogP contribution in [0, 0.1) is 17.8 Å². The fraction of sp³-hybridized carbons (Fsp3) is 0.872. The van der Waals surface area contributed by atoms with Gasteiger partial charge in [-0.25, -0.2) is 0 Å². The summed E-state index contributed by atoms with van der Waals surface area (Å²) in [6.07, 6.45) is -5.05. The number of aromatic nitrogens is 1. The molecule has 17 nitrogen and oxygen atoms in total. The van der Waals surface area contributed by atoms with Crippen LogP contribution >= 0.6 is 0 Å². The standard InChI is InChI=1S/C47H84N4O13/c1-16-19-48-26-47(57)32(8)60-37(24-45(47,10)58-15)63-38-29(5)41(64-43-39(34(50(12)13)21-28(4)59-43)61-33-18-20-51(14)36(52)22-33)44(9,55)23-27(3)25-49-31(7)40(53)46(11,56)35(17-2)62-42(54)30(38)6/h18,20,22,27-32,34-35,37-41,43,48-49,53,55-57H,16-17,19,21,23-26H2,1-15H3/t27?,28-,29?,30?,31?,32+,34+,35?,37+,38?,39-,40?,41?,43+,44?,45-,46?,47+/m1/s1. The van der Waals surface area contributed by atoms with Crippen molar-refractivity contribution in [3.63, 3.8) is 0 Å². The number of pyridine rings is 1. The zero-order valence-electron chi connectivity index (χ0n) is 41.3. The molecule has 3 fully saturated rings. The summed E-state index contributed by atoms with van der Waals surface area (Å²) in [6.45, 7) is 20.9. The zero-order chi connectivity index (χ0) is 48.1. The number of hydrogen-bond acceptors (Lipinski definition) is 16. The summed E-state index contributed by atoms with van der Waals surface area (Å²) in [5.41, 5.74) is -6.34. The topological polar surface area (TPSA) is 212 Å². The van der Waals surface area contributed by atoms with Gasteiger partial charge in [0.15, 0.2) is 18.7 Å². The summed E-state index contributed by atoms with van der Waals surface area (Å²) in [7, 11) is 7.07. The Morgan fingerprint density at radius 3 is 2.25 bits per heavy atom. The maximum absolute atomic E-state index is 14.6. The number of hydrogen-bond donors (Lipinski definition) is 6. The number of esters is 1.